The molecule has 0 spiro atoms. The van der Waals surface area contributed by atoms with Gasteiger partial charge in [-0.3, -0.25) is 4.79 Å². The van der Waals surface area contributed by atoms with E-state index in [-0.39, 0.29) is 5.78 Å². The maximum Gasteiger partial charge on any atom is 0.164 e. The van der Waals surface area contributed by atoms with Crippen molar-refractivity contribution in [2.75, 3.05) is 19.6 Å². The highest BCUT2D eigenvalue weighted by atomic mass is 16.1. The molecule has 92 valence electrons. The molecule has 1 aliphatic rings. The molecule has 1 saturated heterocycles. The van der Waals surface area contributed by atoms with Crippen molar-refractivity contribution in [2.45, 2.75) is 26.2 Å². The van der Waals surface area contributed by atoms with Gasteiger partial charge >= 0.3 is 0 Å². The number of hydrogen-bond donors (Lipinski definition) is 0. The second-order valence-corrected chi connectivity index (χ2v) is 4.90. The number of likely N-dealkylation sites (tertiary alicyclic amines) is 1. The molecule has 0 amide bonds. The fraction of sp³-hybridized carbons (Fsp3) is 0.533. The second-order valence-electron chi connectivity index (χ2n) is 4.90. The minimum Gasteiger partial charge on any atom is -0.303 e. The summed E-state index contributed by atoms with van der Waals surface area (Å²) in [6, 6.07) is 9.61. The molecule has 0 saturated carbocycles. The highest BCUT2D eigenvalue weighted by Crippen LogP contribution is 2.19. The van der Waals surface area contributed by atoms with E-state index in [4.69, 9.17) is 0 Å². The molecule has 0 N–H and O–H groups in total. The zero-order valence-electron chi connectivity index (χ0n) is 10.6. The first-order chi connectivity index (χ1) is 8.29. The number of ketones is 1. The lowest BCUT2D eigenvalue weighted by atomic mass is 10.1. The van der Waals surface area contributed by atoms with Crippen LogP contribution >= 0.6 is 0 Å². The summed E-state index contributed by atoms with van der Waals surface area (Å²) in [6.45, 7) is 5.52. The van der Waals surface area contributed by atoms with Crippen molar-refractivity contribution in [1.29, 1.82) is 0 Å². The van der Waals surface area contributed by atoms with Gasteiger partial charge in [0.15, 0.2) is 5.78 Å². The Balaban J connectivity index is 1.78. The van der Waals surface area contributed by atoms with Gasteiger partial charge in [-0.15, -0.1) is 0 Å². The molecule has 1 atom stereocenters. The Kier molecular flexibility index (Phi) is 4.32. The monoisotopic (exact) mass is 231 g/mol. The van der Waals surface area contributed by atoms with E-state index < -0.39 is 0 Å². The smallest absolute Gasteiger partial charge is 0.164 e. The molecular weight excluding hydrogens is 210 g/mol. The molecule has 0 aromatic heterocycles. The lowest BCUT2D eigenvalue weighted by Crippen LogP contribution is -2.23. The number of Topliss-reactive ketones (excluding diaryl/α,β-unsaturated/α-hetero) is 1. The van der Waals surface area contributed by atoms with Crippen LogP contribution in [0.4, 0.5) is 0 Å². The van der Waals surface area contributed by atoms with E-state index in [1.54, 1.807) is 0 Å². The molecule has 1 fully saturated rings. The Bertz CT molecular complexity index is 360. The van der Waals surface area contributed by atoms with E-state index in [2.05, 4.69) is 11.8 Å². The van der Waals surface area contributed by atoms with Gasteiger partial charge in [-0.25, -0.2) is 0 Å². The van der Waals surface area contributed by atoms with Gasteiger partial charge in [-0.1, -0.05) is 43.7 Å². The summed E-state index contributed by atoms with van der Waals surface area (Å²) in [6.07, 6.45) is 3.22. The first-order valence-electron chi connectivity index (χ1n) is 6.60. The zero-order valence-corrected chi connectivity index (χ0v) is 10.6. The summed E-state index contributed by atoms with van der Waals surface area (Å²) in [5, 5.41) is 0. The van der Waals surface area contributed by atoms with Crippen LogP contribution in [0.25, 0.3) is 0 Å². The summed E-state index contributed by atoms with van der Waals surface area (Å²) in [4.78, 5) is 14.4. The zero-order chi connectivity index (χ0) is 12.1. The standard InChI is InChI=1S/C15H21NO/c1-2-13-8-10-16(12-13)11-9-15(17)14-6-4-3-5-7-14/h3-7,13H,2,8-12H2,1H3. The van der Waals surface area contributed by atoms with Crippen molar-refractivity contribution in [3.8, 4) is 0 Å². The van der Waals surface area contributed by atoms with Crippen molar-refractivity contribution in [2.24, 2.45) is 5.92 Å². The summed E-state index contributed by atoms with van der Waals surface area (Å²) in [5.41, 5.74) is 0.846. The number of nitrogens with zero attached hydrogens (tertiary/aromatic N) is 1. The largest absolute Gasteiger partial charge is 0.303 e. The Labute approximate surface area is 104 Å². The molecule has 1 aliphatic heterocycles. The summed E-state index contributed by atoms with van der Waals surface area (Å²) < 4.78 is 0. The molecule has 1 unspecified atom stereocenters. The van der Waals surface area contributed by atoms with E-state index in [1.807, 2.05) is 30.3 Å². The molecule has 1 aromatic rings. The van der Waals surface area contributed by atoms with Crippen molar-refractivity contribution < 1.29 is 4.79 Å². The van der Waals surface area contributed by atoms with Crippen LogP contribution < -0.4 is 0 Å². The first-order valence-corrected chi connectivity index (χ1v) is 6.60. The van der Waals surface area contributed by atoms with Crippen molar-refractivity contribution in [3.63, 3.8) is 0 Å². The molecule has 0 radical (unpaired) electrons. The number of benzene rings is 1. The molecule has 1 aromatic carbocycles. The van der Waals surface area contributed by atoms with Gasteiger partial charge < -0.3 is 4.90 Å². The number of hydrogen-bond acceptors (Lipinski definition) is 2. The quantitative estimate of drug-likeness (QED) is 0.726. The second kappa shape index (κ2) is 5.97. The minimum absolute atomic E-state index is 0.269. The molecule has 0 bridgehead atoms. The van der Waals surface area contributed by atoms with Gasteiger partial charge in [0.1, 0.15) is 0 Å². The number of rotatable bonds is 5. The molecule has 1 heterocycles. The maximum absolute atomic E-state index is 11.9. The van der Waals surface area contributed by atoms with Gasteiger partial charge in [0, 0.05) is 25.1 Å². The third kappa shape index (κ3) is 3.40. The van der Waals surface area contributed by atoms with Crippen LogP contribution in [0.1, 0.15) is 36.5 Å². The van der Waals surface area contributed by atoms with Crippen molar-refractivity contribution in [1.82, 2.24) is 4.90 Å². The van der Waals surface area contributed by atoms with Crippen molar-refractivity contribution in [3.05, 3.63) is 35.9 Å². The molecular formula is C15H21NO. The topological polar surface area (TPSA) is 20.3 Å². The van der Waals surface area contributed by atoms with Gasteiger partial charge in [0.05, 0.1) is 0 Å². The van der Waals surface area contributed by atoms with Gasteiger partial charge in [-0.2, -0.15) is 0 Å². The summed E-state index contributed by atoms with van der Waals surface area (Å²) >= 11 is 0. The van der Waals surface area contributed by atoms with Crippen LogP contribution in [0.3, 0.4) is 0 Å². The van der Waals surface area contributed by atoms with Crippen LogP contribution in [-0.4, -0.2) is 30.3 Å². The van der Waals surface area contributed by atoms with Crippen LogP contribution in [0.2, 0.25) is 0 Å². The third-order valence-electron chi connectivity index (χ3n) is 3.70. The first kappa shape index (κ1) is 12.3. The van der Waals surface area contributed by atoms with Gasteiger partial charge in [-0.05, 0) is 18.9 Å². The summed E-state index contributed by atoms with van der Waals surface area (Å²) in [7, 11) is 0. The van der Waals surface area contributed by atoms with Crippen molar-refractivity contribution >= 4 is 5.78 Å². The molecule has 2 heteroatoms. The van der Waals surface area contributed by atoms with E-state index in [0.29, 0.717) is 6.42 Å². The lowest BCUT2D eigenvalue weighted by molar-refractivity contribution is 0.0968. The third-order valence-corrected chi connectivity index (χ3v) is 3.70. The van der Waals surface area contributed by atoms with Crippen LogP contribution in [0, 0.1) is 5.92 Å². The van der Waals surface area contributed by atoms with E-state index in [1.165, 1.54) is 25.9 Å². The lowest BCUT2D eigenvalue weighted by Gasteiger charge is -2.14. The van der Waals surface area contributed by atoms with Gasteiger partial charge in [0.2, 0.25) is 0 Å². The highest BCUT2D eigenvalue weighted by Gasteiger charge is 2.21. The Morgan fingerprint density at radius 2 is 2.12 bits per heavy atom. The van der Waals surface area contributed by atoms with E-state index in [9.17, 15) is 4.79 Å². The van der Waals surface area contributed by atoms with Crippen LogP contribution in [0.15, 0.2) is 30.3 Å². The Morgan fingerprint density at radius 1 is 1.35 bits per heavy atom. The average Bonchev–Trinajstić information content (AvgIpc) is 2.85. The Morgan fingerprint density at radius 3 is 2.76 bits per heavy atom. The van der Waals surface area contributed by atoms with Gasteiger partial charge in [0.25, 0.3) is 0 Å². The van der Waals surface area contributed by atoms with Crippen LogP contribution in [-0.2, 0) is 0 Å². The maximum atomic E-state index is 11.9. The van der Waals surface area contributed by atoms with E-state index >= 15 is 0 Å². The molecule has 17 heavy (non-hydrogen) atoms. The average molecular weight is 231 g/mol. The minimum atomic E-state index is 0.269. The van der Waals surface area contributed by atoms with Crippen LogP contribution in [0.5, 0.6) is 0 Å². The predicted octanol–water partition coefficient (Wildman–Crippen LogP) is 2.99. The normalized spacial score (nSPS) is 20.6. The Hall–Kier alpha value is -1.15. The SMILES string of the molecule is CCC1CCN(CCC(=O)c2ccccc2)C1. The number of carbonyl (C=O) groups excluding carboxylic acids is 1. The predicted molar refractivity (Wildman–Crippen MR) is 70.2 cm³/mol. The molecule has 0 aliphatic carbocycles. The fourth-order valence-electron chi connectivity index (χ4n) is 2.48. The molecule has 2 nitrogen and oxygen atoms in total. The fourth-order valence-corrected chi connectivity index (χ4v) is 2.48. The summed E-state index contributed by atoms with van der Waals surface area (Å²) in [5.74, 6) is 1.12. The number of carbonyl (C=O) groups is 1. The van der Waals surface area contributed by atoms with E-state index in [0.717, 1.165) is 18.0 Å². The molecule has 2 rings (SSSR count). The highest BCUT2D eigenvalue weighted by molar-refractivity contribution is 5.96.